The predicted molar refractivity (Wildman–Crippen MR) is 51.4 cm³/mol. The fraction of sp³-hybridized carbons (Fsp3) is 0.778. The molecule has 0 aliphatic rings. The van der Waals surface area contributed by atoms with Crippen molar-refractivity contribution in [2.24, 2.45) is 0 Å². The van der Waals surface area contributed by atoms with Crippen LogP contribution in [0.1, 0.15) is 13.8 Å². The zero-order valence-corrected chi connectivity index (χ0v) is 9.45. The van der Waals surface area contributed by atoms with E-state index in [0.29, 0.717) is 0 Å². The van der Waals surface area contributed by atoms with E-state index in [0.717, 1.165) is 0 Å². The molecule has 1 amide bonds. The molecule has 0 aliphatic heterocycles. The summed E-state index contributed by atoms with van der Waals surface area (Å²) >= 11 is 0. The van der Waals surface area contributed by atoms with Crippen LogP contribution in [0.3, 0.4) is 0 Å². The highest BCUT2D eigenvalue weighted by Crippen LogP contribution is 2.16. The molecule has 0 radical (unpaired) electrons. The second-order valence-electron chi connectivity index (χ2n) is 3.62. The lowest BCUT2D eigenvalue weighted by molar-refractivity contribution is -0.168. The van der Waals surface area contributed by atoms with Crippen molar-refractivity contribution in [2.45, 2.75) is 26.1 Å². The molecule has 5 nitrogen and oxygen atoms in total. The standard InChI is InChI=1S/C9H14F3NO4/c1-6(2)17-4-7(14)13(3-8(15)16)5-9(10,11)12/h6H,3-5H2,1-2H3,(H,15,16). The van der Waals surface area contributed by atoms with Crippen molar-refractivity contribution < 1.29 is 32.6 Å². The third-order valence-corrected chi connectivity index (χ3v) is 1.59. The van der Waals surface area contributed by atoms with Gasteiger partial charge in [0.1, 0.15) is 19.7 Å². The molecule has 0 aromatic carbocycles. The molecule has 0 aliphatic carbocycles. The highest BCUT2D eigenvalue weighted by molar-refractivity contribution is 5.82. The third kappa shape index (κ3) is 8.49. The quantitative estimate of drug-likeness (QED) is 0.767. The number of alkyl halides is 3. The summed E-state index contributed by atoms with van der Waals surface area (Å²) in [6, 6.07) is 0. The molecule has 0 atom stereocenters. The van der Waals surface area contributed by atoms with Crippen LogP contribution in [0.25, 0.3) is 0 Å². The fourth-order valence-corrected chi connectivity index (χ4v) is 0.941. The molecule has 0 saturated heterocycles. The lowest BCUT2D eigenvalue weighted by Crippen LogP contribution is -2.43. The maximum absolute atomic E-state index is 12.1. The molecular weight excluding hydrogens is 243 g/mol. The molecule has 1 N–H and O–H groups in total. The van der Waals surface area contributed by atoms with Gasteiger partial charge in [-0.25, -0.2) is 0 Å². The van der Waals surface area contributed by atoms with E-state index in [4.69, 9.17) is 9.84 Å². The van der Waals surface area contributed by atoms with Gasteiger partial charge in [-0.1, -0.05) is 0 Å². The second kappa shape index (κ2) is 6.43. The Hall–Kier alpha value is -1.31. The van der Waals surface area contributed by atoms with Gasteiger partial charge in [0.2, 0.25) is 5.91 Å². The summed E-state index contributed by atoms with van der Waals surface area (Å²) in [6.45, 7) is 0.0531. The summed E-state index contributed by atoms with van der Waals surface area (Å²) in [4.78, 5) is 21.8. The maximum Gasteiger partial charge on any atom is 0.406 e. The first kappa shape index (κ1) is 15.7. The summed E-state index contributed by atoms with van der Waals surface area (Å²) in [7, 11) is 0. The molecule has 0 unspecified atom stereocenters. The minimum atomic E-state index is -4.64. The number of rotatable bonds is 6. The average Bonchev–Trinajstić information content (AvgIpc) is 2.09. The second-order valence-corrected chi connectivity index (χ2v) is 3.62. The highest BCUT2D eigenvalue weighted by atomic mass is 19.4. The number of hydrogen-bond donors (Lipinski definition) is 1. The van der Waals surface area contributed by atoms with E-state index in [1.807, 2.05) is 0 Å². The SMILES string of the molecule is CC(C)OCC(=O)N(CC(=O)O)CC(F)(F)F. The number of carbonyl (C=O) groups excluding carboxylic acids is 1. The van der Waals surface area contributed by atoms with Gasteiger partial charge in [-0.2, -0.15) is 13.2 Å². The number of amides is 1. The Kier molecular flexibility index (Phi) is 5.94. The number of nitrogens with zero attached hydrogens (tertiary/aromatic N) is 1. The van der Waals surface area contributed by atoms with Gasteiger partial charge >= 0.3 is 12.1 Å². The van der Waals surface area contributed by atoms with Crippen LogP contribution < -0.4 is 0 Å². The van der Waals surface area contributed by atoms with Gasteiger partial charge in [0.05, 0.1) is 6.10 Å². The number of carboxylic acid groups (broad SMARTS) is 1. The normalized spacial score (nSPS) is 11.6. The Morgan fingerprint density at radius 2 is 1.88 bits per heavy atom. The van der Waals surface area contributed by atoms with Crippen molar-refractivity contribution >= 4 is 11.9 Å². The van der Waals surface area contributed by atoms with Gasteiger partial charge in [0.15, 0.2) is 0 Å². The third-order valence-electron chi connectivity index (χ3n) is 1.59. The molecule has 0 bridgehead atoms. The van der Waals surface area contributed by atoms with Crippen molar-refractivity contribution in [3.05, 3.63) is 0 Å². The van der Waals surface area contributed by atoms with Crippen LogP contribution >= 0.6 is 0 Å². The summed E-state index contributed by atoms with van der Waals surface area (Å²) in [5.74, 6) is -2.51. The van der Waals surface area contributed by atoms with Crippen LogP contribution in [0.5, 0.6) is 0 Å². The van der Waals surface area contributed by atoms with Crippen LogP contribution in [0.15, 0.2) is 0 Å². The van der Waals surface area contributed by atoms with E-state index in [-0.39, 0.29) is 11.0 Å². The number of hydrogen-bond acceptors (Lipinski definition) is 3. The topological polar surface area (TPSA) is 66.8 Å². The average molecular weight is 257 g/mol. The lowest BCUT2D eigenvalue weighted by Gasteiger charge is -2.22. The first-order valence-electron chi connectivity index (χ1n) is 4.79. The van der Waals surface area contributed by atoms with Gasteiger partial charge in [0, 0.05) is 0 Å². The van der Waals surface area contributed by atoms with Gasteiger partial charge in [-0.3, -0.25) is 9.59 Å². The molecule has 0 rings (SSSR count). The monoisotopic (exact) mass is 257 g/mol. The molecule has 100 valence electrons. The van der Waals surface area contributed by atoms with Crippen LogP contribution in [-0.2, 0) is 14.3 Å². The van der Waals surface area contributed by atoms with Crippen molar-refractivity contribution in [2.75, 3.05) is 19.7 Å². The molecular formula is C9H14F3NO4. The van der Waals surface area contributed by atoms with E-state index in [1.165, 1.54) is 0 Å². The van der Waals surface area contributed by atoms with Gasteiger partial charge in [-0.05, 0) is 13.8 Å². The molecule has 0 heterocycles. The molecule has 17 heavy (non-hydrogen) atoms. The molecule has 0 fully saturated rings. The predicted octanol–water partition coefficient (Wildman–Crippen LogP) is 0.887. The van der Waals surface area contributed by atoms with Gasteiger partial charge < -0.3 is 14.7 Å². The minimum absolute atomic E-state index is 0.199. The summed E-state index contributed by atoms with van der Waals surface area (Å²) in [5.41, 5.74) is 0. The minimum Gasteiger partial charge on any atom is -0.480 e. The number of carbonyl (C=O) groups is 2. The van der Waals surface area contributed by atoms with Crippen molar-refractivity contribution in [1.82, 2.24) is 4.90 Å². The van der Waals surface area contributed by atoms with Crippen LogP contribution in [0, 0.1) is 0 Å². The number of halogens is 3. The smallest absolute Gasteiger partial charge is 0.406 e. The first-order chi connectivity index (χ1) is 7.61. The van der Waals surface area contributed by atoms with Gasteiger partial charge in [-0.15, -0.1) is 0 Å². The molecule has 0 spiro atoms. The molecule has 0 aromatic heterocycles. The molecule has 0 saturated carbocycles. The van der Waals surface area contributed by atoms with E-state index in [1.54, 1.807) is 13.8 Å². The summed E-state index contributed by atoms with van der Waals surface area (Å²) in [5, 5.41) is 8.40. The number of carboxylic acids is 1. The Balaban J connectivity index is 4.45. The van der Waals surface area contributed by atoms with Crippen molar-refractivity contribution in [1.29, 1.82) is 0 Å². The fourth-order valence-electron chi connectivity index (χ4n) is 0.941. The number of aliphatic carboxylic acids is 1. The summed E-state index contributed by atoms with van der Waals surface area (Å²) < 4.78 is 41.1. The lowest BCUT2D eigenvalue weighted by atomic mass is 10.4. The van der Waals surface area contributed by atoms with Crippen molar-refractivity contribution in [3.8, 4) is 0 Å². The summed E-state index contributed by atoms with van der Waals surface area (Å²) in [6.07, 6.45) is -4.96. The Morgan fingerprint density at radius 3 is 2.24 bits per heavy atom. The van der Waals surface area contributed by atoms with Crippen LogP contribution in [0.4, 0.5) is 13.2 Å². The number of ether oxygens (including phenoxy) is 1. The maximum atomic E-state index is 12.1. The Morgan fingerprint density at radius 1 is 1.35 bits per heavy atom. The van der Waals surface area contributed by atoms with Gasteiger partial charge in [0.25, 0.3) is 0 Å². The van der Waals surface area contributed by atoms with E-state index in [9.17, 15) is 22.8 Å². The van der Waals surface area contributed by atoms with E-state index >= 15 is 0 Å². The molecule has 8 heteroatoms. The largest absolute Gasteiger partial charge is 0.480 e. The molecule has 0 aromatic rings. The van der Waals surface area contributed by atoms with Crippen LogP contribution in [0.2, 0.25) is 0 Å². The van der Waals surface area contributed by atoms with E-state index in [2.05, 4.69) is 0 Å². The zero-order chi connectivity index (χ0) is 13.6. The first-order valence-corrected chi connectivity index (χ1v) is 4.79. The zero-order valence-electron chi connectivity index (χ0n) is 9.45. The van der Waals surface area contributed by atoms with Crippen molar-refractivity contribution in [3.63, 3.8) is 0 Å². The highest BCUT2D eigenvalue weighted by Gasteiger charge is 2.33. The van der Waals surface area contributed by atoms with Crippen LogP contribution in [-0.4, -0.2) is 53.9 Å². The Labute approximate surface area is 96.1 Å². The van der Waals surface area contributed by atoms with E-state index < -0.39 is 37.7 Å². The Bertz CT molecular complexity index is 278.